The van der Waals surface area contributed by atoms with Gasteiger partial charge in [-0.05, 0) is 6.07 Å². The molecule has 2 aromatic heterocycles. The van der Waals surface area contributed by atoms with Gasteiger partial charge in [0.05, 0.1) is 12.2 Å². The van der Waals surface area contributed by atoms with Crippen LogP contribution in [-0.2, 0) is 11.3 Å². The summed E-state index contributed by atoms with van der Waals surface area (Å²) in [5, 5.41) is 12.5. The summed E-state index contributed by atoms with van der Waals surface area (Å²) in [5.74, 6) is 0.0772. The quantitative estimate of drug-likeness (QED) is 0.727. The number of likely N-dealkylation sites (tertiary alicyclic amines) is 1. The Balaban J connectivity index is 1.37. The summed E-state index contributed by atoms with van der Waals surface area (Å²) in [5.41, 5.74) is 1.90. The predicted octanol–water partition coefficient (Wildman–Crippen LogP) is 1.23. The van der Waals surface area contributed by atoms with Gasteiger partial charge in [0.15, 0.2) is 0 Å². The Kier molecular flexibility index (Phi) is 3.38. The highest BCUT2D eigenvalue weighted by molar-refractivity contribution is 5.76. The smallest absolute Gasteiger partial charge is 0.244 e. The van der Waals surface area contributed by atoms with Gasteiger partial charge in [0.1, 0.15) is 12.2 Å². The Labute approximate surface area is 133 Å². The van der Waals surface area contributed by atoms with Crippen molar-refractivity contribution in [1.29, 1.82) is 0 Å². The normalized spacial score (nSPS) is 14.7. The van der Waals surface area contributed by atoms with E-state index < -0.39 is 0 Å². The summed E-state index contributed by atoms with van der Waals surface area (Å²) < 4.78 is 3.48. The molecule has 0 spiro atoms. The van der Waals surface area contributed by atoms with Crippen LogP contribution in [-0.4, -0.2) is 48.7 Å². The van der Waals surface area contributed by atoms with Gasteiger partial charge in [-0.15, -0.1) is 5.10 Å². The summed E-state index contributed by atoms with van der Waals surface area (Å²) in [4.78, 5) is 13.9. The van der Waals surface area contributed by atoms with Crippen molar-refractivity contribution in [3.05, 3.63) is 55.0 Å². The van der Waals surface area contributed by atoms with E-state index in [1.807, 2.05) is 52.2 Å². The zero-order chi connectivity index (χ0) is 15.6. The van der Waals surface area contributed by atoms with Crippen molar-refractivity contribution in [2.45, 2.75) is 12.6 Å². The zero-order valence-electron chi connectivity index (χ0n) is 12.5. The van der Waals surface area contributed by atoms with Gasteiger partial charge in [-0.2, -0.15) is 5.10 Å². The van der Waals surface area contributed by atoms with Crippen LogP contribution in [0, 0.1) is 0 Å². The number of benzene rings is 1. The van der Waals surface area contributed by atoms with E-state index >= 15 is 0 Å². The highest BCUT2D eigenvalue weighted by Crippen LogP contribution is 2.23. The maximum atomic E-state index is 12.1. The molecular weight excluding hydrogens is 292 g/mol. The molecule has 0 N–H and O–H groups in total. The molecule has 3 aromatic rings. The third kappa shape index (κ3) is 2.73. The number of hydrogen-bond acceptors (Lipinski definition) is 4. The molecule has 7 heteroatoms. The van der Waals surface area contributed by atoms with E-state index in [2.05, 4.69) is 15.4 Å². The van der Waals surface area contributed by atoms with Crippen molar-refractivity contribution in [2.24, 2.45) is 0 Å². The number of aromatic nitrogens is 5. The Morgan fingerprint density at radius 1 is 1.17 bits per heavy atom. The minimum atomic E-state index is 0.0772. The lowest BCUT2D eigenvalue weighted by Gasteiger charge is -2.38. The molecule has 0 bridgehead atoms. The second-order valence-electron chi connectivity index (χ2n) is 5.61. The molecule has 116 valence electrons. The Morgan fingerprint density at radius 2 is 2.00 bits per heavy atom. The lowest BCUT2D eigenvalue weighted by molar-refractivity contribution is -0.138. The molecule has 23 heavy (non-hydrogen) atoms. The molecule has 1 fully saturated rings. The first-order valence-electron chi connectivity index (χ1n) is 7.52. The third-order valence-electron chi connectivity index (χ3n) is 4.03. The molecule has 1 saturated heterocycles. The SMILES string of the molecule is O=C(Cn1cccn1)N1CC(n2cc(-c3ccccc3)nn2)C1. The van der Waals surface area contributed by atoms with Crippen LogP contribution in [0.1, 0.15) is 6.04 Å². The van der Waals surface area contributed by atoms with Gasteiger partial charge in [-0.3, -0.25) is 9.48 Å². The van der Waals surface area contributed by atoms with Crippen molar-refractivity contribution < 1.29 is 4.79 Å². The van der Waals surface area contributed by atoms with Crippen molar-refractivity contribution in [1.82, 2.24) is 29.7 Å². The monoisotopic (exact) mass is 308 g/mol. The summed E-state index contributed by atoms with van der Waals surface area (Å²) in [6.07, 6.45) is 5.40. The molecule has 1 aliphatic rings. The first-order valence-corrected chi connectivity index (χ1v) is 7.52. The Bertz CT molecular complexity index is 789. The van der Waals surface area contributed by atoms with Gasteiger partial charge >= 0.3 is 0 Å². The molecule has 0 radical (unpaired) electrons. The number of hydrogen-bond donors (Lipinski definition) is 0. The fourth-order valence-electron chi connectivity index (χ4n) is 2.66. The molecule has 3 heterocycles. The summed E-state index contributed by atoms with van der Waals surface area (Å²) in [6, 6.07) is 12.0. The topological polar surface area (TPSA) is 68.8 Å². The number of carbonyl (C=O) groups excluding carboxylic acids is 1. The van der Waals surface area contributed by atoms with E-state index in [1.54, 1.807) is 17.1 Å². The molecule has 0 atom stereocenters. The van der Waals surface area contributed by atoms with Gasteiger partial charge in [-0.1, -0.05) is 35.5 Å². The summed E-state index contributed by atoms with van der Waals surface area (Å²) in [7, 11) is 0. The van der Waals surface area contributed by atoms with E-state index in [0.29, 0.717) is 13.1 Å². The molecule has 0 saturated carbocycles. The minimum absolute atomic E-state index is 0.0772. The van der Waals surface area contributed by atoms with Gasteiger partial charge in [0.2, 0.25) is 5.91 Å². The van der Waals surface area contributed by atoms with Crippen LogP contribution in [0.5, 0.6) is 0 Å². The second kappa shape index (κ2) is 5.68. The van der Waals surface area contributed by atoms with Crippen LogP contribution >= 0.6 is 0 Å². The minimum Gasteiger partial charge on any atom is -0.337 e. The van der Waals surface area contributed by atoms with Crippen LogP contribution in [0.2, 0.25) is 0 Å². The van der Waals surface area contributed by atoms with E-state index in [0.717, 1.165) is 11.3 Å². The van der Waals surface area contributed by atoms with Gasteiger partial charge in [0, 0.05) is 31.0 Å². The van der Waals surface area contributed by atoms with Crippen LogP contribution in [0.3, 0.4) is 0 Å². The highest BCUT2D eigenvalue weighted by atomic mass is 16.2. The zero-order valence-corrected chi connectivity index (χ0v) is 12.5. The number of amides is 1. The van der Waals surface area contributed by atoms with E-state index in [4.69, 9.17) is 0 Å². The maximum Gasteiger partial charge on any atom is 0.244 e. The number of nitrogens with zero attached hydrogens (tertiary/aromatic N) is 6. The second-order valence-corrected chi connectivity index (χ2v) is 5.61. The van der Waals surface area contributed by atoms with Crippen molar-refractivity contribution in [3.63, 3.8) is 0 Å². The van der Waals surface area contributed by atoms with Crippen LogP contribution in [0.4, 0.5) is 0 Å². The van der Waals surface area contributed by atoms with Crippen LogP contribution in [0.15, 0.2) is 55.0 Å². The lowest BCUT2D eigenvalue weighted by Crippen LogP contribution is -2.51. The fraction of sp³-hybridized carbons (Fsp3) is 0.250. The van der Waals surface area contributed by atoms with Crippen LogP contribution in [0.25, 0.3) is 11.3 Å². The summed E-state index contributed by atoms with van der Waals surface area (Å²) >= 11 is 0. The molecule has 1 aliphatic heterocycles. The van der Waals surface area contributed by atoms with E-state index in [-0.39, 0.29) is 18.5 Å². The van der Waals surface area contributed by atoms with Gasteiger partial charge in [-0.25, -0.2) is 4.68 Å². The Hall–Kier alpha value is -2.96. The van der Waals surface area contributed by atoms with Crippen molar-refractivity contribution >= 4 is 5.91 Å². The van der Waals surface area contributed by atoms with E-state index in [1.165, 1.54) is 0 Å². The molecule has 0 aliphatic carbocycles. The molecule has 7 nitrogen and oxygen atoms in total. The highest BCUT2D eigenvalue weighted by Gasteiger charge is 2.32. The van der Waals surface area contributed by atoms with Crippen LogP contribution < -0.4 is 0 Å². The molecule has 4 rings (SSSR count). The van der Waals surface area contributed by atoms with Gasteiger partial charge in [0.25, 0.3) is 0 Å². The summed E-state index contributed by atoms with van der Waals surface area (Å²) in [6.45, 7) is 1.61. The van der Waals surface area contributed by atoms with Crippen molar-refractivity contribution in [2.75, 3.05) is 13.1 Å². The molecular formula is C16H16N6O. The Morgan fingerprint density at radius 3 is 2.74 bits per heavy atom. The maximum absolute atomic E-state index is 12.1. The largest absolute Gasteiger partial charge is 0.337 e. The molecule has 1 amide bonds. The standard InChI is InChI=1S/C16H16N6O/c23-16(12-21-8-4-7-17-21)20-9-14(10-20)22-11-15(18-19-22)13-5-2-1-3-6-13/h1-8,11,14H,9-10,12H2. The first kappa shape index (κ1) is 13.7. The number of carbonyl (C=O) groups is 1. The third-order valence-corrected chi connectivity index (χ3v) is 4.03. The lowest BCUT2D eigenvalue weighted by atomic mass is 10.1. The molecule has 1 aromatic carbocycles. The van der Waals surface area contributed by atoms with E-state index in [9.17, 15) is 4.79 Å². The predicted molar refractivity (Wildman–Crippen MR) is 83.3 cm³/mol. The average Bonchev–Trinajstić information content (AvgIpc) is 3.18. The van der Waals surface area contributed by atoms with Crippen molar-refractivity contribution in [3.8, 4) is 11.3 Å². The first-order chi connectivity index (χ1) is 11.3. The average molecular weight is 308 g/mol. The number of rotatable bonds is 4. The fourth-order valence-corrected chi connectivity index (χ4v) is 2.66. The molecule has 0 unspecified atom stereocenters. The van der Waals surface area contributed by atoms with Gasteiger partial charge < -0.3 is 4.90 Å².